The first-order valence-corrected chi connectivity index (χ1v) is 9.95. The summed E-state index contributed by atoms with van der Waals surface area (Å²) in [6, 6.07) is 17.5. The smallest absolute Gasteiger partial charge is 0.282 e. The van der Waals surface area contributed by atoms with Crippen LogP contribution in [0.1, 0.15) is 5.56 Å². The van der Waals surface area contributed by atoms with Gasteiger partial charge in [0.15, 0.2) is 11.5 Å². The normalized spacial score (nSPS) is 13.6. The van der Waals surface area contributed by atoms with E-state index in [1.165, 1.54) is 26.4 Å². The molecule has 162 valence electrons. The zero-order chi connectivity index (χ0) is 22.8. The van der Waals surface area contributed by atoms with Crippen LogP contribution in [0.3, 0.4) is 0 Å². The van der Waals surface area contributed by atoms with E-state index in [2.05, 4.69) is 5.32 Å². The van der Waals surface area contributed by atoms with Crippen LogP contribution in [0.2, 0.25) is 5.02 Å². The van der Waals surface area contributed by atoms with Gasteiger partial charge in [-0.1, -0.05) is 41.9 Å². The number of halogens is 2. The molecule has 8 heteroatoms. The van der Waals surface area contributed by atoms with E-state index in [0.717, 1.165) is 11.0 Å². The molecule has 1 aliphatic rings. The second kappa shape index (κ2) is 8.72. The lowest BCUT2D eigenvalue weighted by molar-refractivity contribution is -0.120. The van der Waals surface area contributed by atoms with Crippen LogP contribution in [0.25, 0.3) is 5.57 Å². The highest BCUT2D eigenvalue weighted by Gasteiger charge is 2.40. The zero-order valence-corrected chi connectivity index (χ0v) is 17.9. The molecule has 0 fully saturated rings. The molecule has 4 rings (SSSR count). The molecule has 1 aliphatic heterocycles. The third-order valence-electron chi connectivity index (χ3n) is 4.96. The number of benzene rings is 3. The van der Waals surface area contributed by atoms with Crippen LogP contribution in [0.15, 0.2) is 72.4 Å². The van der Waals surface area contributed by atoms with Crippen LogP contribution in [0.5, 0.6) is 11.5 Å². The van der Waals surface area contributed by atoms with E-state index in [-0.39, 0.29) is 22.0 Å². The standard InChI is InChI=1S/C24H18ClFN2O4/c1-31-19-11-8-15(12-20(19)32-2)27-22-21(14-6-4-3-5-7-14)23(29)28(24(22)30)16-9-10-18(26)17(25)13-16/h3-13,27H,1-2H3. The molecule has 1 heterocycles. The molecule has 6 nitrogen and oxygen atoms in total. The van der Waals surface area contributed by atoms with E-state index < -0.39 is 17.6 Å². The molecule has 0 spiro atoms. The van der Waals surface area contributed by atoms with E-state index in [1.807, 2.05) is 6.07 Å². The third kappa shape index (κ3) is 3.78. The molecule has 32 heavy (non-hydrogen) atoms. The van der Waals surface area contributed by atoms with Gasteiger partial charge in [-0.05, 0) is 35.9 Å². The molecule has 0 bridgehead atoms. The molecular formula is C24H18ClFN2O4. The van der Waals surface area contributed by atoms with Crippen LogP contribution in [0.4, 0.5) is 15.8 Å². The summed E-state index contributed by atoms with van der Waals surface area (Å²) < 4.78 is 24.2. The van der Waals surface area contributed by atoms with Gasteiger partial charge in [0, 0.05) is 11.8 Å². The maximum absolute atomic E-state index is 13.7. The van der Waals surface area contributed by atoms with Crippen LogP contribution < -0.4 is 19.7 Å². The fourth-order valence-electron chi connectivity index (χ4n) is 3.44. The van der Waals surface area contributed by atoms with Crippen LogP contribution >= 0.6 is 11.6 Å². The fourth-order valence-corrected chi connectivity index (χ4v) is 3.61. The van der Waals surface area contributed by atoms with Crippen molar-refractivity contribution in [1.29, 1.82) is 0 Å². The number of ether oxygens (including phenoxy) is 2. The lowest BCUT2D eigenvalue weighted by Gasteiger charge is -2.16. The first-order valence-electron chi connectivity index (χ1n) is 9.57. The predicted molar refractivity (Wildman–Crippen MR) is 120 cm³/mol. The number of nitrogens with zero attached hydrogens (tertiary/aromatic N) is 1. The van der Waals surface area contributed by atoms with Crippen LogP contribution in [-0.4, -0.2) is 26.0 Å². The number of rotatable bonds is 6. The Morgan fingerprint density at radius 3 is 2.25 bits per heavy atom. The average molecular weight is 453 g/mol. The number of carbonyl (C=O) groups excluding carboxylic acids is 2. The highest BCUT2D eigenvalue weighted by atomic mass is 35.5. The Hall–Kier alpha value is -3.84. The van der Waals surface area contributed by atoms with Crippen molar-refractivity contribution in [2.75, 3.05) is 24.4 Å². The number of hydrogen-bond acceptors (Lipinski definition) is 5. The van der Waals surface area contributed by atoms with Gasteiger partial charge in [0.05, 0.1) is 30.5 Å². The van der Waals surface area contributed by atoms with Crippen molar-refractivity contribution in [3.63, 3.8) is 0 Å². The van der Waals surface area contributed by atoms with Gasteiger partial charge in [-0.2, -0.15) is 0 Å². The quantitative estimate of drug-likeness (QED) is 0.539. The highest BCUT2D eigenvalue weighted by molar-refractivity contribution is 6.46. The summed E-state index contributed by atoms with van der Waals surface area (Å²) in [4.78, 5) is 27.7. The number of amides is 2. The molecule has 0 saturated heterocycles. The number of methoxy groups -OCH3 is 2. The molecule has 0 radical (unpaired) electrons. The predicted octanol–water partition coefficient (Wildman–Crippen LogP) is 4.89. The van der Waals surface area contributed by atoms with Crippen LogP contribution in [0, 0.1) is 5.82 Å². The van der Waals surface area contributed by atoms with Crippen molar-refractivity contribution in [1.82, 2.24) is 0 Å². The van der Waals surface area contributed by atoms with Gasteiger partial charge < -0.3 is 14.8 Å². The number of imide groups is 1. The molecule has 0 saturated carbocycles. The lowest BCUT2D eigenvalue weighted by atomic mass is 10.0. The van der Waals surface area contributed by atoms with Crippen LogP contribution in [-0.2, 0) is 9.59 Å². The summed E-state index contributed by atoms with van der Waals surface area (Å²) in [7, 11) is 3.02. The second-order valence-electron chi connectivity index (χ2n) is 6.85. The Balaban J connectivity index is 1.80. The van der Waals surface area contributed by atoms with Gasteiger partial charge in [0.1, 0.15) is 11.5 Å². The first kappa shape index (κ1) is 21.4. The lowest BCUT2D eigenvalue weighted by Crippen LogP contribution is -2.32. The van der Waals surface area contributed by atoms with Gasteiger partial charge in [-0.3, -0.25) is 9.59 Å². The van der Waals surface area contributed by atoms with Crippen molar-refractivity contribution < 1.29 is 23.5 Å². The Bertz CT molecular complexity index is 1240. The molecule has 0 atom stereocenters. The summed E-state index contributed by atoms with van der Waals surface area (Å²) in [6.45, 7) is 0. The molecule has 3 aromatic rings. The van der Waals surface area contributed by atoms with Crippen molar-refractivity contribution in [2.24, 2.45) is 0 Å². The number of hydrogen-bond donors (Lipinski definition) is 1. The van der Waals surface area contributed by atoms with Crippen molar-refractivity contribution >= 4 is 40.4 Å². The number of nitrogens with one attached hydrogen (secondary N) is 1. The van der Waals surface area contributed by atoms with E-state index in [9.17, 15) is 14.0 Å². The highest BCUT2D eigenvalue weighted by Crippen LogP contribution is 2.36. The van der Waals surface area contributed by atoms with E-state index in [4.69, 9.17) is 21.1 Å². The molecule has 0 aliphatic carbocycles. The topological polar surface area (TPSA) is 67.9 Å². The van der Waals surface area contributed by atoms with Gasteiger partial charge in [-0.25, -0.2) is 9.29 Å². The SMILES string of the molecule is COc1ccc(NC2=C(c3ccccc3)C(=O)N(c3ccc(F)c(Cl)c3)C2=O)cc1OC. The van der Waals surface area contributed by atoms with Gasteiger partial charge in [-0.15, -0.1) is 0 Å². The Morgan fingerprint density at radius 2 is 1.59 bits per heavy atom. The van der Waals surface area contributed by atoms with E-state index >= 15 is 0 Å². The van der Waals surface area contributed by atoms with Crippen molar-refractivity contribution in [2.45, 2.75) is 0 Å². The summed E-state index contributed by atoms with van der Waals surface area (Å²) in [6.07, 6.45) is 0. The number of anilines is 2. The minimum absolute atomic E-state index is 0.0777. The Kier molecular flexibility index (Phi) is 5.83. The Morgan fingerprint density at radius 1 is 0.875 bits per heavy atom. The van der Waals surface area contributed by atoms with Crippen molar-refractivity contribution in [3.8, 4) is 11.5 Å². The maximum atomic E-state index is 13.7. The van der Waals surface area contributed by atoms with Gasteiger partial charge in [0.2, 0.25) is 0 Å². The van der Waals surface area contributed by atoms with Gasteiger partial charge in [0.25, 0.3) is 11.8 Å². The maximum Gasteiger partial charge on any atom is 0.282 e. The molecule has 2 amide bonds. The largest absolute Gasteiger partial charge is 0.493 e. The van der Waals surface area contributed by atoms with E-state index in [1.54, 1.807) is 42.5 Å². The zero-order valence-electron chi connectivity index (χ0n) is 17.2. The van der Waals surface area contributed by atoms with Gasteiger partial charge >= 0.3 is 0 Å². The van der Waals surface area contributed by atoms with E-state index in [0.29, 0.717) is 22.7 Å². The summed E-state index contributed by atoms with van der Waals surface area (Å²) in [5.74, 6) is -0.808. The summed E-state index contributed by atoms with van der Waals surface area (Å²) >= 11 is 5.89. The minimum Gasteiger partial charge on any atom is -0.493 e. The summed E-state index contributed by atoms with van der Waals surface area (Å²) in [5.41, 5.74) is 1.51. The molecule has 0 unspecified atom stereocenters. The fraction of sp³-hybridized carbons (Fsp3) is 0.0833. The monoisotopic (exact) mass is 452 g/mol. The summed E-state index contributed by atoms with van der Waals surface area (Å²) in [5, 5.41) is 2.86. The Labute approximate surface area is 188 Å². The molecule has 1 N–H and O–H groups in total. The molecule has 3 aromatic carbocycles. The first-order chi connectivity index (χ1) is 15.4. The second-order valence-corrected chi connectivity index (χ2v) is 7.26. The molecular weight excluding hydrogens is 435 g/mol. The third-order valence-corrected chi connectivity index (χ3v) is 5.25. The van der Waals surface area contributed by atoms with Crippen molar-refractivity contribution in [3.05, 3.63) is 88.8 Å². The molecule has 0 aromatic heterocycles. The number of carbonyl (C=O) groups is 2. The average Bonchev–Trinajstić information content (AvgIpc) is 3.05. The minimum atomic E-state index is -0.644.